The Morgan fingerprint density at radius 2 is 1.79 bits per heavy atom. The van der Waals surface area contributed by atoms with E-state index >= 15 is 0 Å². The Labute approximate surface area is 172 Å². The van der Waals surface area contributed by atoms with Crippen molar-refractivity contribution in [3.63, 3.8) is 0 Å². The van der Waals surface area contributed by atoms with E-state index in [2.05, 4.69) is 30.5 Å². The van der Waals surface area contributed by atoms with Crippen molar-refractivity contribution in [3.8, 4) is 0 Å². The van der Waals surface area contributed by atoms with Crippen molar-refractivity contribution in [2.24, 2.45) is 0 Å². The average molecular weight is 434 g/mol. The highest BCUT2D eigenvalue weighted by Crippen LogP contribution is 2.26. The number of anilines is 5. The van der Waals surface area contributed by atoms with Crippen molar-refractivity contribution in [3.05, 3.63) is 42.7 Å². The Balaban J connectivity index is 1.69. The van der Waals surface area contributed by atoms with Crippen LogP contribution in [0.3, 0.4) is 0 Å². The van der Waals surface area contributed by atoms with E-state index in [0.29, 0.717) is 11.5 Å². The van der Waals surface area contributed by atoms with Crippen molar-refractivity contribution in [1.29, 1.82) is 0 Å². The van der Waals surface area contributed by atoms with Crippen molar-refractivity contribution in [2.45, 2.75) is 11.1 Å². The number of hydrogen-bond donors (Lipinski definition) is 3. The molecule has 3 rings (SSSR count). The molecule has 0 saturated heterocycles. The molecule has 2 aromatic heterocycles. The number of sulfonamides is 1. The topological polar surface area (TPSA) is 129 Å². The Kier molecular flexibility index (Phi) is 5.94. The van der Waals surface area contributed by atoms with Gasteiger partial charge in [0.1, 0.15) is 0 Å². The van der Waals surface area contributed by atoms with Gasteiger partial charge in [-0.15, -0.1) is 5.10 Å². The molecule has 0 atom stereocenters. The van der Waals surface area contributed by atoms with Gasteiger partial charge in [-0.1, -0.05) is 11.3 Å². The molecule has 0 aliphatic rings. The maximum atomic E-state index is 12.5. The van der Waals surface area contributed by atoms with Gasteiger partial charge in [-0.05, 0) is 24.3 Å². The smallest absolute Gasteiger partial charge is 0.273 e. The number of carbonyl (C=O) groups is 1. The molecule has 1 amide bonds. The largest absolute Gasteiger partial charge is 0.376 e. The van der Waals surface area contributed by atoms with Gasteiger partial charge in [0.2, 0.25) is 5.91 Å². The number of benzene rings is 1. The summed E-state index contributed by atoms with van der Waals surface area (Å²) in [6, 6.07) is 8.53. The third kappa shape index (κ3) is 5.39. The van der Waals surface area contributed by atoms with Gasteiger partial charge in [-0.3, -0.25) is 9.52 Å². The molecule has 10 nitrogen and oxygen atoms in total. The predicted molar refractivity (Wildman–Crippen MR) is 113 cm³/mol. The Bertz CT molecular complexity index is 1110. The summed E-state index contributed by atoms with van der Waals surface area (Å²) in [6.45, 7) is 1.33. The summed E-state index contributed by atoms with van der Waals surface area (Å²) < 4.78 is 27.5. The van der Waals surface area contributed by atoms with Gasteiger partial charge in [0, 0.05) is 38.5 Å². The minimum absolute atomic E-state index is 0.000716. The number of aromatic nitrogens is 3. The molecule has 1 aromatic carbocycles. The molecular weight excluding hydrogens is 414 g/mol. The summed E-state index contributed by atoms with van der Waals surface area (Å²) in [5, 5.41) is 13.8. The van der Waals surface area contributed by atoms with E-state index in [-0.39, 0.29) is 15.2 Å². The molecule has 2 heterocycles. The third-order valence-electron chi connectivity index (χ3n) is 3.60. The van der Waals surface area contributed by atoms with Crippen LogP contribution >= 0.6 is 11.3 Å². The fourth-order valence-electron chi connectivity index (χ4n) is 2.23. The number of nitrogens with zero attached hydrogens (tertiary/aromatic N) is 4. The van der Waals surface area contributed by atoms with Crippen LogP contribution in [0.15, 0.2) is 46.9 Å². The van der Waals surface area contributed by atoms with Gasteiger partial charge < -0.3 is 15.5 Å². The van der Waals surface area contributed by atoms with E-state index in [4.69, 9.17) is 0 Å². The first-order valence-electron chi connectivity index (χ1n) is 8.36. The molecule has 152 valence electrons. The highest BCUT2D eigenvalue weighted by molar-refractivity contribution is 7.94. The lowest BCUT2D eigenvalue weighted by Crippen LogP contribution is -2.11. The molecule has 0 bridgehead atoms. The van der Waals surface area contributed by atoms with Gasteiger partial charge in [0.15, 0.2) is 15.2 Å². The van der Waals surface area contributed by atoms with Crippen LogP contribution in [0.25, 0.3) is 0 Å². The van der Waals surface area contributed by atoms with Crippen LogP contribution in [0.5, 0.6) is 0 Å². The fourth-order valence-corrected chi connectivity index (χ4v) is 4.36. The van der Waals surface area contributed by atoms with E-state index in [9.17, 15) is 13.2 Å². The minimum Gasteiger partial charge on any atom is -0.376 e. The minimum atomic E-state index is -3.81. The van der Waals surface area contributed by atoms with E-state index < -0.39 is 10.0 Å². The van der Waals surface area contributed by atoms with Crippen LogP contribution in [0.2, 0.25) is 0 Å². The molecule has 12 heteroatoms. The fraction of sp³-hybridized carbons (Fsp3) is 0.176. The Morgan fingerprint density at radius 3 is 2.45 bits per heavy atom. The molecule has 0 unspecified atom stereocenters. The lowest BCUT2D eigenvalue weighted by molar-refractivity contribution is -0.114. The van der Waals surface area contributed by atoms with E-state index in [0.717, 1.165) is 22.7 Å². The number of thiazole rings is 1. The second-order valence-electron chi connectivity index (χ2n) is 6.17. The van der Waals surface area contributed by atoms with Crippen LogP contribution < -0.4 is 20.3 Å². The molecule has 3 N–H and O–H groups in total. The Hall–Kier alpha value is -3.25. The number of rotatable bonds is 7. The quantitative estimate of drug-likeness (QED) is 0.518. The van der Waals surface area contributed by atoms with Gasteiger partial charge in [-0.2, -0.15) is 5.10 Å². The summed E-state index contributed by atoms with van der Waals surface area (Å²) >= 11 is 0.871. The zero-order valence-corrected chi connectivity index (χ0v) is 17.5. The molecule has 29 heavy (non-hydrogen) atoms. The standard InChI is InChI=1S/C17H19N7O3S2/c1-11(25)20-17-18-10-16(28-17)29(26,27)23-13-6-4-12(5-7-13)21-15-8-14(24(2)3)9-19-22-15/h4-10,23H,1-3H3,(H,21,22)(H,18,20,25). The van der Waals surface area contributed by atoms with Gasteiger partial charge in [-0.25, -0.2) is 13.4 Å². The second kappa shape index (κ2) is 8.41. The molecule has 0 spiro atoms. The normalized spacial score (nSPS) is 11.0. The molecule has 0 fully saturated rings. The predicted octanol–water partition coefficient (Wildman–Crippen LogP) is 2.50. The van der Waals surface area contributed by atoms with Gasteiger partial charge in [0.05, 0.1) is 18.1 Å². The summed E-state index contributed by atoms with van der Waals surface area (Å²) in [4.78, 5) is 16.8. The number of carbonyl (C=O) groups excluding carboxylic acids is 1. The molecule has 0 radical (unpaired) electrons. The van der Waals surface area contributed by atoms with Crippen molar-refractivity contribution < 1.29 is 13.2 Å². The maximum absolute atomic E-state index is 12.5. The lowest BCUT2D eigenvalue weighted by Gasteiger charge is -2.13. The first kappa shape index (κ1) is 20.5. The van der Waals surface area contributed by atoms with E-state index in [1.54, 1.807) is 30.5 Å². The van der Waals surface area contributed by atoms with E-state index in [1.165, 1.54) is 13.1 Å². The van der Waals surface area contributed by atoms with E-state index in [1.807, 2.05) is 25.1 Å². The van der Waals surface area contributed by atoms with Gasteiger partial charge in [0.25, 0.3) is 10.0 Å². The lowest BCUT2D eigenvalue weighted by atomic mass is 10.3. The Morgan fingerprint density at radius 1 is 1.10 bits per heavy atom. The zero-order valence-electron chi connectivity index (χ0n) is 15.9. The zero-order chi connectivity index (χ0) is 21.0. The van der Waals surface area contributed by atoms with Crippen LogP contribution in [-0.2, 0) is 14.8 Å². The number of nitrogens with one attached hydrogen (secondary N) is 3. The van der Waals surface area contributed by atoms with Crippen LogP contribution in [0.1, 0.15) is 6.92 Å². The van der Waals surface area contributed by atoms with Crippen LogP contribution in [0.4, 0.5) is 28.0 Å². The van der Waals surface area contributed by atoms with Crippen molar-refractivity contribution >= 4 is 55.3 Å². The molecular formula is C17H19N7O3S2. The summed E-state index contributed by atoms with van der Waals surface area (Å²) in [5.41, 5.74) is 2.01. The monoisotopic (exact) mass is 433 g/mol. The molecule has 0 aliphatic heterocycles. The summed E-state index contributed by atoms with van der Waals surface area (Å²) in [6.07, 6.45) is 2.85. The van der Waals surface area contributed by atoms with Crippen LogP contribution in [0, 0.1) is 0 Å². The SMILES string of the molecule is CC(=O)Nc1ncc(S(=O)(=O)Nc2ccc(Nc3cc(N(C)C)cnn3)cc2)s1. The van der Waals surface area contributed by atoms with Crippen molar-refractivity contribution in [1.82, 2.24) is 15.2 Å². The second-order valence-corrected chi connectivity index (χ2v) is 9.11. The molecule has 0 aliphatic carbocycles. The number of hydrogen-bond acceptors (Lipinski definition) is 9. The van der Waals surface area contributed by atoms with Gasteiger partial charge >= 0.3 is 0 Å². The first-order chi connectivity index (χ1) is 13.7. The summed E-state index contributed by atoms with van der Waals surface area (Å²) in [7, 11) is 0.00465. The summed E-state index contributed by atoms with van der Waals surface area (Å²) in [5.74, 6) is 0.250. The van der Waals surface area contributed by atoms with Crippen molar-refractivity contribution in [2.75, 3.05) is 34.4 Å². The highest BCUT2D eigenvalue weighted by atomic mass is 32.2. The molecule has 3 aromatic rings. The maximum Gasteiger partial charge on any atom is 0.273 e. The highest BCUT2D eigenvalue weighted by Gasteiger charge is 2.18. The molecule has 0 saturated carbocycles. The third-order valence-corrected chi connectivity index (χ3v) is 6.35. The average Bonchev–Trinajstić information content (AvgIpc) is 3.12. The number of amides is 1. The van der Waals surface area contributed by atoms with Crippen LogP contribution in [-0.4, -0.2) is 43.6 Å². The first-order valence-corrected chi connectivity index (χ1v) is 10.7.